The third kappa shape index (κ3) is 3.91. The Morgan fingerprint density at radius 1 is 0.967 bits per heavy atom. The summed E-state index contributed by atoms with van der Waals surface area (Å²) in [6.45, 7) is 6.24. The van der Waals surface area contributed by atoms with Gasteiger partial charge in [0.15, 0.2) is 0 Å². The number of pyridine rings is 2. The lowest BCUT2D eigenvalue weighted by atomic mass is 9.87. The van der Waals surface area contributed by atoms with E-state index in [2.05, 4.69) is 35.6 Å². The van der Waals surface area contributed by atoms with Gasteiger partial charge in [-0.25, -0.2) is 12.9 Å². The van der Waals surface area contributed by atoms with E-state index in [9.17, 15) is 8.42 Å². The Balaban J connectivity index is 1.73. The summed E-state index contributed by atoms with van der Waals surface area (Å²) in [5.41, 5.74) is 2.85. The van der Waals surface area contributed by atoms with Gasteiger partial charge in [0.2, 0.25) is 0 Å². The molecule has 30 heavy (non-hydrogen) atoms. The molecule has 0 aliphatic rings. The Kier molecular flexibility index (Phi) is 5.03. The molecule has 4 rings (SSSR count). The van der Waals surface area contributed by atoms with Crippen LogP contribution in [0.1, 0.15) is 26.3 Å². The number of aromatic nitrogens is 3. The van der Waals surface area contributed by atoms with E-state index in [1.807, 2.05) is 30.3 Å². The van der Waals surface area contributed by atoms with Gasteiger partial charge >= 0.3 is 0 Å². The molecule has 3 aromatic heterocycles. The first-order valence-corrected chi connectivity index (χ1v) is 11.2. The zero-order valence-electron chi connectivity index (χ0n) is 16.8. The molecule has 0 amide bonds. The number of anilines is 1. The zero-order valence-corrected chi connectivity index (χ0v) is 18.4. The van der Waals surface area contributed by atoms with E-state index in [0.717, 1.165) is 5.56 Å². The summed E-state index contributed by atoms with van der Waals surface area (Å²) >= 11 is 6.32. The number of nitrogens with one attached hydrogen (secondary N) is 1. The lowest BCUT2D eigenvalue weighted by molar-refractivity contribution is 0.587. The first-order valence-electron chi connectivity index (χ1n) is 9.38. The van der Waals surface area contributed by atoms with Crippen LogP contribution in [0.25, 0.3) is 16.9 Å². The lowest BCUT2D eigenvalue weighted by Gasteiger charge is -2.19. The normalized spacial score (nSPS) is 12.3. The smallest absolute Gasteiger partial charge is 0.263 e. The molecular weight excluding hydrogens is 420 g/mol. The number of halogens is 1. The standard InChI is InChI=1S/C22H21ClN4O2S/c1-22(2,3)15-7-9-16(10-8-15)30(28,29)26-21-12-11-17(23)20-14-19(25-27(20)21)18-6-4-5-13-24-18/h4-14,26H,1-3H3. The fourth-order valence-corrected chi connectivity index (χ4v) is 4.33. The van der Waals surface area contributed by atoms with Gasteiger partial charge in [-0.1, -0.05) is 50.6 Å². The number of sulfonamides is 1. The maximum Gasteiger partial charge on any atom is 0.263 e. The van der Waals surface area contributed by atoms with E-state index >= 15 is 0 Å². The Bertz CT molecular complexity index is 1310. The van der Waals surface area contributed by atoms with Crippen molar-refractivity contribution in [2.24, 2.45) is 0 Å². The molecule has 0 atom stereocenters. The summed E-state index contributed by atoms with van der Waals surface area (Å²) in [5, 5.41) is 4.97. The van der Waals surface area contributed by atoms with E-state index in [1.54, 1.807) is 36.5 Å². The third-order valence-corrected chi connectivity index (χ3v) is 6.46. The van der Waals surface area contributed by atoms with Gasteiger partial charge in [0.05, 0.1) is 21.1 Å². The fraction of sp³-hybridized carbons (Fsp3) is 0.182. The summed E-state index contributed by atoms with van der Waals surface area (Å²) in [6, 6.07) is 17.4. The molecule has 0 aliphatic heterocycles. The Morgan fingerprint density at radius 3 is 2.33 bits per heavy atom. The average molecular weight is 441 g/mol. The van der Waals surface area contributed by atoms with Crippen molar-refractivity contribution in [3.8, 4) is 11.4 Å². The number of benzene rings is 1. The van der Waals surface area contributed by atoms with Crippen LogP contribution in [0, 0.1) is 0 Å². The molecule has 4 aromatic rings. The molecule has 1 N–H and O–H groups in total. The molecule has 0 bridgehead atoms. The first kappa shape index (κ1) is 20.4. The Labute approximate surface area is 180 Å². The minimum Gasteiger partial charge on any atom is -0.263 e. The van der Waals surface area contributed by atoms with Crippen molar-refractivity contribution in [2.45, 2.75) is 31.1 Å². The molecule has 1 aromatic carbocycles. The molecule has 8 heteroatoms. The van der Waals surface area contributed by atoms with Gasteiger partial charge < -0.3 is 0 Å². The zero-order chi connectivity index (χ0) is 21.5. The fourth-order valence-electron chi connectivity index (χ4n) is 3.09. The highest BCUT2D eigenvalue weighted by Gasteiger charge is 2.20. The molecule has 154 valence electrons. The predicted molar refractivity (Wildman–Crippen MR) is 119 cm³/mol. The monoisotopic (exact) mass is 440 g/mol. The van der Waals surface area contributed by atoms with Crippen LogP contribution in [0.15, 0.2) is 71.8 Å². The van der Waals surface area contributed by atoms with Crippen LogP contribution in [0.2, 0.25) is 5.02 Å². The highest BCUT2D eigenvalue weighted by Crippen LogP contribution is 2.28. The van der Waals surface area contributed by atoms with Gasteiger partial charge in [-0.15, -0.1) is 0 Å². The van der Waals surface area contributed by atoms with E-state index in [0.29, 0.717) is 21.9 Å². The highest BCUT2D eigenvalue weighted by atomic mass is 35.5. The molecule has 0 unspecified atom stereocenters. The van der Waals surface area contributed by atoms with Crippen molar-refractivity contribution >= 4 is 33.0 Å². The van der Waals surface area contributed by atoms with Crippen molar-refractivity contribution in [2.75, 3.05) is 4.72 Å². The van der Waals surface area contributed by atoms with Crippen molar-refractivity contribution in [3.63, 3.8) is 0 Å². The van der Waals surface area contributed by atoms with E-state index in [4.69, 9.17) is 11.6 Å². The van der Waals surface area contributed by atoms with Gasteiger partial charge in [-0.2, -0.15) is 5.10 Å². The predicted octanol–water partition coefficient (Wildman–Crippen LogP) is 5.15. The second kappa shape index (κ2) is 7.41. The quantitative estimate of drug-likeness (QED) is 0.476. The van der Waals surface area contributed by atoms with E-state index in [1.165, 1.54) is 4.52 Å². The largest absolute Gasteiger partial charge is 0.263 e. The van der Waals surface area contributed by atoms with Crippen LogP contribution in [0.5, 0.6) is 0 Å². The van der Waals surface area contributed by atoms with Crippen LogP contribution in [0.4, 0.5) is 5.82 Å². The molecular formula is C22H21ClN4O2S. The average Bonchev–Trinajstić information content (AvgIpc) is 3.17. The van der Waals surface area contributed by atoms with Crippen LogP contribution in [-0.2, 0) is 15.4 Å². The van der Waals surface area contributed by atoms with Crippen LogP contribution < -0.4 is 4.72 Å². The van der Waals surface area contributed by atoms with Gasteiger partial charge in [-0.3, -0.25) is 9.71 Å². The lowest BCUT2D eigenvalue weighted by Crippen LogP contribution is -2.16. The molecule has 0 saturated carbocycles. The molecule has 0 fully saturated rings. The topological polar surface area (TPSA) is 76.4 Å². The Morgan fingerprint density at radius 2 is 1.70 bits per heavy atom. The van der Waals surface area contributed by atoms with Gasteiger partial charge in [0.1, 0.15) is 11.5 Å². The second-order valence-electron chi connectivity index (χ2n) is 7.99. The molecule has 0 aliphatic carbocycles. The summed E-state index contributed by atoms with van der Waals surface area (Å²) in [4.78, 5) is 4.47. The van der Waals surface area contributed by atoms with E-state index in [-0.39, 0.29) is 16.1 Å². The van der Waals surface area contributed by atoms with Crippen LogP contribution in [-0.4, -0.2) is 23.0 Å². The van der Waals surface area contributed by atoms with Gasteiger partial charge in [0.25, 0.3) is 10.0 Å². The van der Waals surface area contributed by atoms with Crippen molar-refractivity contribution in [1.29, 1.82) is 0 Å². The van der Waals surface area contributed by atoms with Crippen molar-refractivity contribution < 1.29 is 8.42 Å². The van der Waals surface area contributed by atoms with E-state index < -0.39 is 10.0 Å². The van der Waals surface area contributed by atoms with Gasteiger partial charge in [-0.05, 0) is 53.4 Å². The van der Waals surface area contributed by atoms with Crippen molar-refractivity contribution in [1.82, 2.24) is 14.6 Å². The molecule has 6 nitrogen and oxygen atoms in total. The molecule has 0 spiro atoms. The summed E-state index contributed by atoms with van der Waals surface area (Å²) in [6.07, 6.45) is 1.67. The Hall–Kier alpha value is -2.90. The summed E-state index contributed by atoms with van der Waals surface area (Å²) in [7, 11) is -3.80. The minimum absolute atomic E-state index is 0.0605. The molecule has 3 heterocycles. The maximum absolute atomic E-state index is 13.0. The number of hydrogen-bond donors (Lipinski definition) is 1. The van der Waals surface area contributed by atoms with Crippen LogP contribution >= 0.6 is 11.6 Å². The third-order valence-electron chi connectivity index (χ3n) is 4.77. The minimum atomic E-state index is -3.80. The number of rotatable bonds is 4. The number of hydrogen-bond acceptors (Lipinski definition) is 4. The summed E-state index contributed by atoms with van der Waals surface area (Å²) in [5.74, 6) is 0.288. The number of nitrogens with zero attached hydrogens (tertiary/aromatic N) is 3. The molecule has 0 saturated heterocycles. The second-order valence-corrected chi connectivity index (χ2v) is 10.1. The van der Waals surface area contributed by atoms with Crippen molar-refractivity contribution in [3.05, 3.63) is 77.4 Å². The van der Waals surface area contributed by atoms with Crippen LogP contribution in [0.3, 0.4) is 0 Å². The summed E-state index contributed by atoms with van der Waals surface area (Å²) < 4.78 is 30.0. The SMILES string of the molecule is CC(C)(C)c1ccc(S(=O)(=O)Nc2ccc(Cl)c3cc(-c4ccccn4)nn23)cc1. The maximum atomic E-state index is 13.0. The number of fused-ring (bicyclic) bond motifs is 1. The highest BCUT2D eigenvalue weighted by molar-refractivity contribution is 7.92. The van der Waals surface area contributed by atoms with Gasteiger partial charge in [0, 0.05) is 6.20 Å². The first-order chi connectivity index (χ1) is 14.1. The molecule has 0 radical (unpaired) electrons.